The van der Waals surface area contributed by atoms with Crippen molar-refractivity contribution in [3.05, 3.63) is 45.4 Å². The van der Waals surface area contributed by atoms with Gasteiger partial charge in [0, 0.05) is 24.5 Å². The standard InChI is InChI=1S/C24H34ClN3OS/c1-3-19-8-10-27(11-9-19)17-21-6-4-20(5-7-21)16-18(2)22-23(25)26-24(30-22)28-12-14-29-15-13-28/h4-7,18-19H,3,8-17H2,1-2H3. The van der Waals surface area contributed by atoms with Crippen LogP contribution >= 0.6 is 22.9 Å². The molecule has 2 aliphatic heterocycles. The van der Waals surface area contributed by atoms with E-state index in [1.165, 1.54) is 48.4 Å². The Morgan fingerprint density at radius 2 is 1.77 bits per heavy atom. The van der Waals surface area contributed by atoms with Crippen LogP contribution in [0.2, 0.25) is 5.15 Å². The molecule has 0 radical (unpaired) electrons. The van der Waals surface area contributed by atoms with E-state index in [1.807, 2.05) is 0 Å². The van der Waals surface area contributed by atoms with Crippen molar-refractivity contribution in [2.45, 2.75) is 52.0 Å². The molecule has 1 atom stereocenters. The molecular formula is C24H34ClN3OS. The Labute approximate surface area is 190 Å². The number of morpholine rings is 1. The molecule has 2 fully saturated rings. The summed E-state index contributed by atoms with van der Waals surface area (Å²) in [4.78, 5) is 10.7. The molecule has 1 aromatic carbocycles. The zero-order valence-corrected chi connectivity index (χ0v) is 19.9. The second-order valence-electron chi connectivity index (χ2n) is 8.80. The number of nitrogens with zero attached hydrogens (tertiary/aromatic N) is 3. The first kappa shape index (κ1) is 22.1. The Bertz CT molecular complexity index is 795. The Balaban J connectivity index is 1.32. The number of halogens is 1. The summed E-state index contributed by atoms with van der Waals surface area (Å²) >= 11 is 8.26. The van der Waals surface area contributed by atoms with Gasteiger partial charge in [-0.1, -0.05) is 56.1 Å². The van der Waals surface area contributed by atoms with Gasteiger partial charge in [0.05, 0.1) is 13.2 Å². The van der Waals surface area contributed by atoms with Crippen LogP contribution in [-0.4, -0.2) is 49.3 Å². The summed E-state index contributed by atoms with van der Waals surface area (Å²) in [6.07, 6.45) is 5.04. The van der Waals surface area contributed by atoms with Crippen molar-refractivity contribution in [1.29, 1.82) is 0 Å². The molecule has 3 heterocycles. The molecule has 2 aromatic rings. The van der Waals surface area contributed by atoms with Crippen LogP contribution in [-0.2, 0) is 17.7 Å². The smallest absolute Gasteiger partial charge is 0.187 e. The summed E-state index contributed by atoms with van der Waals surface area (Å²) in [5, 5.41) is 1.70. The number of ether oxygens (including phenoxy) is 1. The third-order valence-corrected chi connectivity index (χ3v) is 8.33. The SMILES string of the molecule is CCC1CCN(Cc2ccc(CC(C)c3sc(N4CCOCC4)nc3Cl)cc2)CC1. The zero-order valence-electron chi connectivity index (χ0n) is 18.3. The summed E-state index contributed by atoms with van der Waals surface area (Å²) in [6.45, 7) is 11.5. The number of likely N-dealkylation sites (tertiary alicyclic amines) is 1. The molecule has 0 spiro atoms. The Kier molecular flexibility index (Phi) is 7.69. The fourth-order valence-corrected chi connectivity index (χ4v) is 6.03. The number of thiazole rings is 1. The van der Waals surface area contributed by atoms with Gasteiger partial charge in [-0.05, 0) is 55.3 Å². The normalized spacial score (nSPS) is 19.9. The van der Waals surface area contributed by atoms with Crippen molar-refractivity contribution in [3.8, 4) is 0 Å². The fraction of sp³-hybridized carbons (Fsp3) is 0.625. The number of hydrogen-bond acceptors (Lipinski definition) is 5. The van der Waals surface area contributed by atoms with Crippen LogP contribution in [0, 0.1) is 5.92 Å². The van der Waals surface area contributed by atoms with E-state index < -0.39 is 0 Å². The van der Waals surface area contributed by atoms with Crippen LogP contribution in [0.3, 0.4) is 0 Å². The number of benzene rings is 1. The lowest BCUT2D eigenvalue weighted by molar-refractivity contribution is 0.122. The molecule has 164 valence electrons. The quantitative estimate of drug-likeness (QED) is 0.552. The molecule has 0 saturated carbocycles. The minimum atomic E-state index is 0.365. The highest BCUT2D eigenvalue weighted by atomic mass is 35.5. The fourth-order valence-electron chi connectivity index (χ4n) is 4.53. The minimum absolute atomic E-state index is 0.365. The average molecular weight is 448 g/mol. The van der Waals surface area contributed by atoms with Gasteiger partial charge in [-0.2, -0.15) is 0 Å². The first-order valence-corrected chi connectivity index (χ1v) is 12.6. The predicted octanol–water partition coefficient (Wildman–Crippen LogP) is 5.60. The van der Waals surface area contributed by atoms with Crippen LogP contribution in [0.15, 0.2) is 24.3 Å². The second kappa shape index (κ2) is 10.4. The van der Waals surface area contributed by atoms with Gasteiger partial charge in [0.2, 0.25) is 0 Å². The molecule has 30 heavy (non-hydrogen) atoms. The molecule has 0 amide bonds. The van der Waals surface area contributed by atoms with E-state index in [0.717, 1.165) is 50.3 Å². The maximum Gasteiger partial charge on any atom is 0.187 e. The Hall–Kier alpha value is -1.14. The van der Waals surface area contributed by atoms with Gasteiger partial charge in [-0.25, -0.2) is 4.98 Å². The second-order valence-corrected chi connectivity index (χ2v) is 10.2. The van der Waals surface area contributed by atoms with Crippen LogP contribution in [0.1, 0.15) is 55.0 Å². The molecule has 6 heteroatoms. The van der Waals surface area contributed by atoms with Crippen LogP contribution < -0.4 is 4.90 Å². The number of piperidine rings is 1. The Morgan fingerprint density at radius 3 is 2.43 bits per heavy atom. The van der Waals surface area contributed by atoms with Crippen molar-refractivity contribution in [3.63, 3.8) is 0 Å². The minimum Gasteiger partial charge on any atom is -0.378 e. The zero-order chi connectivity index (χ0) is 20.9. The lowest BCUT2D eigenvalue weighted by atomic mass is 9.94. The molecule has 0 bridgehead atoms. The average Bonchev–Trinajstić information content (AvgIpc) is 3.18. The van der Waals surface area contributed by atoms with Gasteiger partial charge in [-0.15, -0.1) is 11.3 Å². The molecule has 4 rings (SSSR count). The maximum absolute atomic E-state index is 6.52. The van der Waals surface area contributed by atoms with Gasteiger partial charge in [0.15, 0.2) is 5.13 Å². The van der Waals surface area contributed by atoms with E-state index in [0.29, 0.717) is 11.1 Å². The number of anilines is 1. The summed E-state index contributed by atoms with van der Waals surface area (Å²) in [5.74, 6) is 1.30. The molecule has 1 aromatic heterocycles. The lowest BCUT2D eigenvalue weighted by Crippen LogP contribution is -2.36. The summed E-state index contributed by atoms with van der Waals surface area (Å²) < 4.78 is 5.45. The van der Waals surface area contributed by atoms with Gasteiger partial charge in [0.25, 0.3) is 0 Å². The number of hydrogen-bond donors (Lipinski definition) is 0. The first-order valence-electron chi connectivity index (χ1n) is 11.4. The van der Waals surface area contributed by atoms with Gasteiger partial charge in [-0.3, -0.25) is 4.90 Å². The van der Waals surface area contributed by atoms with E-state index in [4.69, 9.17) is 16.3 Å². The van der Waals surface area contributed by atoms with E-state index in [-0.39, 0.29) is 0 Å². The van der Waals surface area contributed by atoms with Crippen molar-refractivity contribution in [1.82, 2.24) is 9.88 Å². The van der Waals surface area contributed by atoms with E-state index in [2.05, 4.69) is 52.9 Å². The summed E-state index contributed by atoms with van der Waals surface area (Å²) in [5.41, 5.74) is 2.79. The van der Waals surface area contributed by atoms with Gasteiger partial charge in [0.1, 0.15) is 5.15 Å². The molecular weight excluding hydrogens is 414 g/mol. The molecule has 2 saturated heterocycles. The van der Waals surface area contributed by atoms with Crippen molar-refractivity contribution < 1.29 is 4.74 Å². The molecule has 0 aliphatic carbocycles. The van der Waals surface area contributed by atoms with Gasteiger partial charge >= 0.3 is 0 Å². The van der Waals surface area contributed by atoms with Crippen molar-refractivity contribution in [2.24, 2.45) is 5.92 Å². The predicted molar refractivity (Wildman–Crippen MR) is 127 cm³/mol. The molecule has 4 nitrogen and oxygen atoms in total. The first-order chi connectivity index (χ1) is 14.6. The summed E-state index contributed by atoms with van der Waals surface area (Å²) in [7, 11) is 0. The summed E-state index contributed by atoms with van der Waals surface area (Å²) in [6, 6.07) is 9.20. The maximum atomic E-state index is 6.52. The number of aromatic nitrogens is 1. The highest BCUT2D eigenvalue weighted by Gasteiger charge is 2.21. The van der Waals surface area contributed by atoms with Crippen LogP contribution in [0.25, 0.3) is 0 Å². The van der Waals surface area contributed by atoms with Crippen LogP contribution in [0.4, 0.5) is 5.13 Å². The topological polar surface area (TPSA) is 28.6 Å². The monoisotopic (exact) mass is 447 g/mol. The Morgan fingerprint density at radius 1 is 1.10 bits per heavy atom. The highest BCUT2D eigenvalue weighted by molar-refractivity contribution is 7.16. The van der Waals surface area contributed by atoms with E-state index in [9.17, 15) is 0 Å². The number of rotatable bonds is 7. The van der Waals surface area contributed by atoms with Crippen molar-refractivity contribution in [2.75, 3.05) is 44.3 Å². The third kappa shape index (κ3) is 5.56. The highest BCUT2D eigenvalue weighted by Crippen LogP contribution is 2.36. The van der Waals surface area contributed by atoms with E-state index >= 15 is 0 Å². The van der Waals surface area contributed by atoms with Crippen molar-refractivity contribution >= 4 is 28.1 Å². The van der Waals surface area contributed by atoms with E-state index in [1.54, 1.807) is 11.3 Å². The van der Waals surface area contributed by atoms with Crippen LogP contribution in [0.5, 0.6) is 0 Å². The van der Waals surface area contributed by atoms with Gasteiger partial charge < -0.3 is 9.64 Å². The molecule has 1 unspecified atom stereocenters. The third-order valence-electron chi connectivity index (χ3n) is 6.58. The lowest BCUT2D eigenvalue weighted by Gasteiger charge is -2.31. The molecule has 0 N–H and O–H groups in total. The largest absolute Gasteiger partial charge is 0.378 e. The molecule has 2 aliphatic rings.